The Kier molecular flexibility index (Phi) is 4.37. The zero-order chi connectivity index (χ0) is 14.7. The maximum atomic E-state index is 12.4. The normalized spacial score (nSPS) is 22.3. The van der Waals surface area contributed by atoms with Gasteiger partial charge in [-0.3, -0.25) is 9.78 Å². The number of amides is 1. The Morgan fingerprint density at radius 2 is 1.95 bits per heavy atom. The van der Waals surface area contributed by atoms with Gasteiger partial charge in [-0.1, -0.05) is 6.92 Å². The molecule has 1 heterocycles. The summed E-state index contributed by atoms with van der Waals surface area (Å²) < 4.78 is 0. The van der Waals surface area contributed by atoms with Gasteiger partial charge in [-0.25, -0.2) is 4.79 Å². The van der Waals surface area contributed by atoms with Crippen LogP contribution in [0.3, 0.4) is 0 Å². The summed E-state index contributed by atoms with van der Waals surface area (Å²) in [6, 6.07) is 2.96. The molecule has 1 amide bonds. The van der Waals surface area contributed by atoms with E-state index in [4.69, 9.17) is 5.11 Å². The molecule has 0 aliphatic heterocycles. The van der Waals surface area contributed by atoms with Crippen molar-refractivity contribution >= 4 is 11.9 Å². The van der Waals surface area contributed by atoms with Crippen molar-refractivity contribution in [3.05, 3.63) is 29.6 Å². The lowest BCUT2D eigenvalue weighted by Crippen LogP contribution is -2.39. The van der Waals surface area contributed by atoms with Gasteiger partial charge in [0.1, 0.15) is 5.69 Å². The second-order valence-corrected chi connectivity index (χ2v) is 5.56. The number of rotatable bonds is 3. The fourth-order valence-corrected chi connectivity index (χ4v) is 2.66. The minimum Gasteiger partial charge on any atom is -0.478 e. The molecule has 0 bridgehead atoms. The van der Waals surface area contributed by atoms with Gasteiger partial charge in [0.25, 0.3) is 5.91 Å². The molecule has 0 spiro atoms. The zero-order valence-corrected chi connectivity index (χ0v) is 11.9. The molecule has 0 atom stereocenters. The highest BCUT2D eigenvalue weighted by Crippen LogP contribution is 2.27. The van der Waals surface area contributed by atoms with Crippen LogP contribution in [-0.4, -0.2) is 40.0 Å². The second-order valence-electron chi connectivity index (χ2n) is 5.56. The Morgan fingerprint density at radius 1 is 1.30 bits per heavy atom. The van der Waals surface area contributed by atoms with Gasteiger partial charge in [0.2, 0.25) is 0 Å². The van der Waals surface area contributed by atoms with Gasteiger partial charge >= 0.3 is 5.97 Å². The van der Waals surface area contributed by atoms with Crippen molar-refractivity contribution < 1.29 is 14.7 Å². The summed E-state index contributed by atoms with van der Waals surface area (Å²) in [4.78, 5) is 29.0. The topological polar surface area (TPSA) is 70.5 Å². The van der Waals surface area contributed by atoms with E-state index < -0.39 is 5.97 Å². The molecule has 0 radical (unpaired) electrons. The molecule has 1 aromatic heterocycles. The van der Waals surface area contributed by atoms with Gasteiger partial charge in [-0.15, -0.1) is 0 Å². The maximum absolute atomic E-state index is 12.4. The smallest absolute Gasteiger partial charge is 0.335 e. The van der Waals surface area contributed by atoms with E-state index in [2.05, 4.69) is 11.9 Å². The Labute approximate surface area is 118 Å². The fraction of sp³-hybridized carbons (Fsp3) is 0.533. The molecule has 1 aliphatic carbocycles. The molecule has 5 nitrogen and oxygen atoms in total. The molecule has 1 N–H and O–H groups in total. The Balaban J connectivity index is 2.10. The van der Waals surface area contributed by atoms with Crippen LogP contribution in [0.4, 0.5) is 0 Å². The molecule has 5 heteroatoms. The largest absolute Gasteiger partial charge is 0.478 e. The lowest BCUT2D eigenvalue weighted by molar-refractivity contribution is 0.0673. The molecule has 108 valence electrons. The monoisotopic (exact) mass is 276 g/mol. The van der Waals surface area contributed by atoms with E-state index in [9.17, 15) is 9.59 Å². The first-order valence-corrected chi connectivity index (χ1v) is 6.95. The van der Waals surface area contributed by atoms with Gasteiger partial charge in [-0.2, -0.15) is 0 Å². The molecule has 1 saturated carbocycles. The molecule has 0 aromatic carbocycles. The molecule has 20 heavy (non-hydrogen) atoms. The number of carboxylic acid groups (broad SMARTS) is 1. The summed E-state index contributed by atoms with van der Waals surface area (Å²) in [6.07, 6.45) is 5.63. The van der Waals surface area contributed by atoms with Crippen molar-refractivity contribution in [3.63, 3.8) is 0 Å². The number of hydrogen-bond donors (Lipinski definition) is 1. The van der Waals surface area contributed by atoms with E-state index in [-0.39, 0.29) is 23.2 Å². The number of aromatic nitrogens is 1. The SMILES string of the molecule is CC1CCC(N(C)C(=O)c2cc(C(=O)O)ccn2)CC1. The van der Waals surface area contributed by atoms with Crippen molar-refractivity contribution in [2.75, 3.05) is 7.05 Å². The van der Waals surface area contributed by atoms with Crippen LogP contribution in [0.1, 0.15) is 53.5 Å². The molecule has 1 aliphatic rings. The zero-order valence-electron chi connectivity index (χ0n) is 11.9. The van der Waals surface area contributed by atoms with Gasteiger partial charge in [0.05, 0.1) is 5.56 Å². The maximum Gasteiger partial charge on any atom is 0.335 e. The first-order chi connectivity index (χ1) is 9.49. The molecule has 1 fully saturated rings. The van der Waals surface area contributed by atoms with Crippen LogP contribution in [0.25, 0.3) is 0 Å². The van der Waals surface area contributed by atoms with E-state index in [1.807, 2.05) is 0 Å². The lowest BCUT2D eigenvalue weighted by Gasteiger charge is -2.33. The first-order valence-electron chi connectivity index (χ1n) is 6.95. The second kappa shape index (κ2) is 6.03. The fourth-order valence-electron chi connectivity index (χ4n) is 2.66. The summed E-state index contributed by atoms with van der Waals surface area (Å²) in [7, 11) is 1.78. The number of hydrogen-bond acceptors (Lipinski definition) is 3. The number of carbonyl (C=O) groups excluding carboxylic acids is 1. The van der Waals surface area contributed by atoms with Gasteiger partial charge in [0.15, 0.2) is 0 Å². The molecular weight excluding hydrogens is 256 g/mol. The summed E-state index contributed by atoms with van der Waals surface area (Å²) in [6.45, 7) is 2.23. The van der Waals surface area contributed by atoms with E-state index in [0.29, 0.717) is 0 Å². The summed E-state index contributed by atoms with van der Waals surface area (Å²) in [5.74, 6) is -0.522. The number of aromatic carboxylic acids is 1. The molecule has 0 unspecified atom stereocenters. The van der Waals surface area contributed by atoms with Gasteiger partial charge in [0, 0.05) is 19.3 Å². The van der Waals surface area contributed by atoms with Crippen LogP contribution in [0.5, 0.6) is 0 Å². The van der Waals surface area contributed by atoms with Crippen molar-refractivity contribution in [2.24, 2.45) is 5.92 Å². The molecule has 1 aromatic rings. The highest BCUT2D eigenvalue weighted by molar-refractivity contribution is 5.95. The summed E-state index contributed by atoms with van der Waals surface area (Å²) >= 11 is 0. The van der Waals surface area contributed by atoms with Crippen LogP contribution in [0.15, 0.2) is 18.3 Å². The van der Waals surface area contributed by atoms with Gasteiger partial charge < -0.3 is 10.0 Å². The Morgan fingerprint density at radius 3 is 2.55 bits per heavy atom. The molecular formula is C15H20N2O3. The number of carboxylic acids is 1. The predicted molar refractivity (Wildman–Crippen MR) is 74.7 cm³/mol. The Hall–Kier alpha value is -1.91. The summed E-state index contributed by atoms with van der Waals surface area (Å²) in [5, 5.41) is 8.95. The molecule has 2 rings (SSSR count). The first kappa shape index (κ1) is 14.5. The molecule has 0 saturated heterocycles. The third-order valence-corrected chi connectivity index (χ3v) is 4.08. The van der Waals surface area contributed by atoms with Crippen LogP contribution in [-0.2, 0) is 0 Å². The number of nitrogens with zero attached hydrogens (tertiary/aromatic N) is 2. The van der Waals surface area contributed by atoms with Crippen molar-refractivity contribution in [1.29, 1.82) is 0 Å². The van der Waals surface area contributed by atoms with E-state index in [1.165, 1.54) is 18.3 Å². The minimum atomic E-state index is -1.05. The van der Waals surface area contributed by atoms with Crippen molar-refractivity contribution in [1.82, 2.24) is 9.88 Å². The van der Waals surface area contributed by atoms with Crippen LogP contribution >= 0.6 is 0 Å². The number of carbonyl (C=O) groups is 2. The summed E-state index contributed by atoms with van der Waals surface area (Å²) in [5.41, 5.74) is 0.292. The number of pyridine rings is 1. The van der Waals surface area contributed by atoms with E-state index in [0.717, 1.165) is 31.6 Å². The average Bonchev–Trinajstić information content (AvgIpc) is 2.46. The van der Waals surface area contributed by atoms with E-state index >= 15 is 0 Å². The van der Waals surface area contributed by atoms with Crippen LogP contribution < -0.4 is 0 Å². The average molecular weight is 276 g/mol. The standard InChI is InChI=1S/C15H20N2O3/c1-10-3-5-12(6-4-10)17(2)14(18)13-9-11(15(19)20)7-8-16-13/h7-10,12H,3-6H2,1-2H3,(H,19,20). The minimum absolute atomic E-state index is 0.0917. The van der Waals surface area contributed by atoms with Crippen molar-refractivity contribution in [3.8, 4) is 0 Å². The van der Waals surface area contributed by atoms with Gasteiger partial charge in [-0.05, 0) is 43.7 Å². The van der Waals surface area contributed by atoms with Crippen LogP contribution in [0, 0.1) is 5.92 Å². The lowest BCUT2D eigenvalue weighted by atomic mass is 9.86. The highest BCUT2D eigenvalue weighted by atomic mass is 16.4. The third kappa shape index (κ3) is 3.15. The Bertz CT molecular complexity index is 508. The van der Waals surface area contributed by atoms with E-state index in [1.54, 1.807) is 11.9 Å². The third-order valence-electron chi connectivity index (χ3n) is 4.08. The van der Waals surface area contributed by atoms with Crippen LogP contribution in [0.2, 0.25) is 0 Å². The highest BCUT2D eigenvalue weighted by Gasteiger charge is 2.26. The predicted octanol–water partition coefficient (Wildman–Crippen LogP) is 2.43. The van der Waals surface area contributed by atoms with Crippen molar-refractivity contribution in [2.45, 2.75) is 38.6 Å². The quantitative estimate of drug-likeness (QED) is 0.920.